The van der Waals surface area contributed by atoms with Crippen LogP contribution >= 0.6 is 11.6 Å². The minimum absolute atomic E-state index is 0.0386. The summed E-state index contributed by atoms with van der Waals surface area (Å²) in [6, 6.07) is 15.4. The van der Waals surface area contributed by atoms with Gasteiger partial charge in [0.25, 0.3) is 0 Å². The largest absolute Gasteiger partial charge is 0.444 e. The van der Waals surface area contributed by atoms with Crippen molar-refractivity contribution in [3.8, 4) is 11.1 Å². The number of nitrogens with zero attached hydrogens (tertiary/aromatic N) is 2. The minimum Gasteiger partial charge on any atom is -0.444 e. The van der Waals surface area contributed by atoms with Gasteiger partial charge in [-0.15, -0.1) is 0 Å². The van der Waals surface area contributed by atoms with Crippen molar-refractivity contribution in [2.45, 2.75) is 12.5 Å². The van der Waals surface area contributed by atoms with Gasteiger partial charge in [0, 0.05) is 30.7 Å². The summed E-state index contributed by atoms with van der Waals surface area (Å²) in [4.78, 5) is 16.2. The Labute approximate surface area is 147 Å². The molecule has 1 fully saturated rings. The van der Waals surface area contributed by atoms with Gasteiger partial charge in [-0.1, -0.05) is 41.9 Å². The van der Waals surface area contributed by atoms with E-state index in [1.165, 1.54) is 0 Å². The molecule has 0 spiro atoms. The molecule has 1 aliphatic rings. The number of carbonyl (C=O) groups excluding carboxylic acids is 1. The maximum Gasteiger partial charge on any atom is 0.414 e. The summed E-state index contributed by atoms with van der Waals surface area (Å²) in [5.74, 6) is 0. The fraction of sp³-hybridized carbons (Fsp3) is 0.316. The first-order chi connectivity index (χ1) is 11.5. The van der Waals surface area contributed by atoms with E-state index in [1.807, 2.05) is 55.6 Å². The molecule has 24 heavy (non-hydrogen) atoms. The lowest BCUT2D eigenvalue weighted by molar-refractivity contribution is 0.110. The monoisotopic (exact) mass is 344 g/mol. The van der Waals surface area contributed by atoms with E-state index >= 15 is 0 Å². The third-order valence-corrected chi connectivity index (χ3v) is 4.53. The van der Waals surface area contributed by atoms with E-state index in [4.69, 9.17) is 16.3 Å². The number of likely N-dealkylation sites (N-methyl/N-ethyl adjacent to an activating group) is 1. The number of anilines is 1. The van der Waals surface area contributed by atoms with E-state index in [0.29, 0.717) is 5.02 Å². The standard InChI is InChI=1S/C19H21ClN2O2/c1-21-11-10-16(13-21)24-19(23)22(2)18-9-4-3-8-17(18)14-6-5-7-15(20)12-14/h3-9,12,16H,10-11,13H2,1-2H3/t16-/m0/s1. The molecule has 0 N–H and O–H groups in total. The second-order valence-corrected chi connectivity index (χ2v) is 6.58. The molecule has 2 aromatic rings. The van der Waals surface area contributed by atoms with E-state index < -0.39 is 0 Å². The average Bonchev–Trinajstić information content (AvgIpc) is 2.99. The van der Waals surface area contributed by atoms with Crippen molar-refractivity contribution in [2.75, 3.05) is 32.1 Å². The van der Waals surface area contributed by atoms with Gasteiger partial charge in [0.2, 0.25) is 0 Å². The van der Waals surface area contributed by atoms with Gasteiger partial charge in [-0.3, -0.25) is 4.90 Å². The minimum atomic E-state index is -0.329. The summed E-state index contributed by atoms with van der Waals surface area (Å²) < 4.78 is 5.63. The summed E-state index contributed by atoms with van der Waals surface area (Å²) in [6.07, 6.45) is 0.513. The molecular formula is C19H21ClN2O2. The summed E-state index contributed by atoms with van der Waals surface area (Å²) in [5.41, 5.74) is 2.72. The molecular weight excluding hydrogens is 324 g/mol. The van der Waals surface area contributed by atoms with Crippen LogP contribution in [-0.4, -0.2) is 44.3 Å². The molecule has 0 aliphatic carbocycles. The van der Waals surface area contributed by atoms with E-state index in [-0.39, 0.29) is 12.2 Å². The number of benzene rings is 2. The van der Waals surface area contributed by atoms with Gasteiger partial charge < -0.3 is 9.64 Å². The van der Waals surface area contributed by atoms with Crippen LogP contribution in [-0.2, 0) is 4.74 Å². The molecule has 4 nitrogen and oxygen atoms in total. The summed E-state index contributed by atoms with van der Waals surface area (Å²) >= 11 is 6.11. The van der Waals surface area contributed by atoms with Crippen molar-refractivity contribution < 1.29 is 9.53 Å². The Morgan fingerprint density at radius 3 is 2.75 bits per heavy atom. The van der Waals surface area contributed by atoms with Gasteiger partial charge in [0.15, 0.2) is 0 Å². The van der Waals surface area contributed by atoms with Crippen molar-refractivity contribution in [3.63, 3.8) is 0 Å². The van der Waals surface area contributed by atoms with Crippen LogP contribution in [0.2, 0.25) is 5.02 Å². The maximum atomic E-state index is 12.5. The van der Waals surface area contributed by atoms with Gasteiger partial charge in [-0.2, -0.15) is 0 Å². The molecule has 0 radical (unpaired) electrons. The SMILES string of the molecule is CN1CC[C@H](OC(=O)N(C)c2ccccc2-c2cccc(Cl)c2)C1. The second-order valence-electron chi connectivity index (χ2n) is 6.14. The van der Waals surface area contributed by atoms with Crippen LogP contribution < -0.4 is 4.90 Å². The number of likely N-dealkylation sites (tertiary alicyclic amines) is 1. The number of hydrogen-bond donors (Lipinski definition) is 0. The fourth-order valence-corrected chi connectivity index (χ4v) is 3.17. The van der Waals surface area contributed by atoms with Crippen LogP contribution in [0.15, 0.2) is 48.5 Å². The van der Waals surface area contributed by atoms with Crippen molar-refractivity contribution in [2.24, 2.45) is 0 Å². The third kappa shape index (κ3) is 3.71. The number of hydrogen-bond acceptors (Lipinski definition) is 3. The van der Waals surface area contributed by atoms with Crippen LogP contribution in [0, 0.1) is 0 Å². The van der Waals surface area contributed by atoms with Crippen molar-refractivity contribution in [1.29, 1.82) is 0 Å². The van der Waals surface area contributed by atoms with Gasteiger partial charge >= 0.3 is 6.09 Å². The summed E-state index contributed by atoms with van der Waals surface area (Å²) in [6.45, 7) is 1.75. The van der Waals surface area contributed by atoms with Gasteiger partial charge in [0.05, 0.1) is 5.69 Å². The number of para-hydroxylation sites is 1. The highest BCUT2D eigenvalue weighted by Gasteiger charge is 2.25. The fourth-order valence-electron chi connectivity index (χ4n) is 2.98. The van der Waals surface area contributed by atoms with Crippen LogP contribution in [0.3, 0.4) is 0 Å². The Morgan fingerprint density at radius 2 is 2.04 bits per heavy atom. The van der Waals surface area contributed by atoms with E-state index in [9.17, 15) is 4.79 Å². The molecule has 2 aromatic carbocycles. The van der Waals surface area contributed by atoms with Crippen molar-refractivity contribution in [3.05, 3.63) is 53.6 Å². The van der Waals surface area contributed by atoms with Crippen LogP contribution in [0.25, 0.3) is 11.1 Å². The number of carbonyl (C=O) groups is 1. The first-order valence-corrected chi connectivity index (χ1v) is 8.40. The number of halogens is 1. The first-order valence-electron chi connectivity index (χ1n) is 8.02. The number of amides is 1. The number of rotatable bonds is 3. The van der Waals surface area contributed by atoms with E-state index in [2.05, 4.69) is 4.90 Å². The molecule has 0 unspecified atom stereocenters. The molecule has 126 valence electrons. The lowest BCUT2D eigenvalue weighted by Crippen LogP contribution is -2.32. The zero-order valence-electron chi connectivity index (χ0n) is 13.9. The van der Waals surface area contributed by atoms with Crippen LogP contribution in [0.1, 0.15) is 6.42 Å². The normalized spacial score (nSPS) is 17.7. The van der Waals surface area contributed by atoms with E-state index in [1.54, 1.807) is 11.9 Å². The molecule has 0 bridgehead atoms. The maximum absolute atomic E-state index is 12.5. The highest BCUT2D eigenvalue weighted by Crippen LogP contribution is 2.32. The van der Waals surface area contributed by atoms with Gasteiger partial charge in [-0.05, 0) is 37.2 Å². The molecule has 1 aliphatic heterocycles. The molecule has 1 amide bonds. The first kappa shape index (κ1) is 16.8. The Bertz CT molecular complexity index is 735. The summed E-state index contributed by atoms with van der Waals surface area (Å²) in [7, 11) is 3.77. The summed E-state index contributed by atoms with van der Waals surface area (Å²) in [5, 5.41) is 0.668. The highest BCUT2D eigenvalue weighted by molar-refractivity contribution is 6.30. The van der Waals surface area contributed by atoms with Crippen molar-refractivity contribution >= 4 is 23.4 Å². The van der Waals surface area contributed by atoms with E-state index in [0.717, 1.165) is 36.3 Å². The topological polar surface area (TPSA) is 32.8 Å². The van der Waals surface area contributed by atoms with Gasteiger partial charge in [0.1, 0.15) is 6.10 Å². The molecule has 1 saturated heterocycles. The smallest absolute Gasteiger partial charge is 0.414 e. The molecule has 0 saturated carbocycles. The second kappa shape index (κ2) is 7.24. The zero-order chi connectivity index (χ0) is 17.1. The molecule has 1 atom stereocenters. The van der Waals surface area contributed by atoms with Crippen LogP contribution in [0.5, 0.6) is 0 Å². The predicted octanol–water partition coefficient (Wildman–Crippen LogP) is 4.28. The Kier molecular flexibility index (Phi) is 5.07. The average molecular weight is 345 g/mol. The van der Waals surface area contributed by atoms with Crippen LogP contribution in [0.4, 0.5) is 10.5 Å². The van der Waals surface area contributed by atoms with Gasteiger partial charge in [-0.25, -0.2) is 4.79 Å². The third-order valence-electron chi connectivity index (χ3n) is 4.29. The van der Waals surface area contributed by atoms with Crippen molar-refractivity contribution in [1.82, 2.24) is 4.90 Å². The molecule has 1 heterocycles. The molecule has 5 heteroatoms. The number of ether oxygens (including phenoxy) is 1. The lowest BCUT2D eigenvalue weighted by Gasteiger charge is -2.22. The Hall–Kier alpha value is -2.04. The lowest BCUT2D eigenvalue weighted by atomic mass is 10.0. The predicted molar refractivity (Wildman–Crippen MR) is 97.7 cm³/mol. The molecule has 0 aromatic heterocycles. The Morgan fingerprint density at radius 1 is 1.25 bits per heavy atom. The Balaban J connectivity index is 1.82. The molecule has 3 rings (SSSR count). The highest BCUT2D eigenvalue weighted by atomic mass is 35.5. The zero-order valence-corrected chi connectivity index (χ0v) is 14.7. The quantitative estimate of drug-likeness (QED) is 0.833.